The van der Waals surface area contributed by atoms with Crippen molar-refractivity contribution in [2.24, 2.45) is 0 Å². The van der Waals surface area contributed by atoms with Gasteiger partial charge in [-0.2, -0.15) is 0 Å². The Balaban J connectivity index is 1.39. The van der Waals surface area contributed by atoms with Gasteiger partial charge in [-0.05, 0) is 27.2 Å². The van der Waals surface area contributed by atoms with Crippen LogP contribution in [0.5, 0.6) is 11.5 Å². The Morgan fingerprint density at radius 3 is 2.32 bits per heavy atom. The van der Waals surface area contributed by atoms with Gasteiger partial charge in [-0.1, -0.05) is 0 Å². The molecule has 0 amide bonds. The number of phenolic OH excluding ortho intramolecular Hbond substituents is 2. The maximum absolute atomic E-state index is 14.1. The minimum absolute atomic E-state index is 0.00950. The minimum Gasteiger partial charge on any atom is -0.507 e. The van der Waals surface area contributed by atoms with Gasteiger partial charge in [0.15, 0.2) is 6.29 Å². The van der Waals surface area contributed by atoms with Crippen molar-refractivity contribution in [1.29, 1.82) is 0 Å². The van der Waals surface area contributed by atoms with Crippen molar-refractivity contribution in [2.75, 3.05) is 0 Å². The molecule has 1 aromatic rings. The van der Waals surface area contributed by atoms with Crippen LogP contribution in [0.2, 0.25) is 0 Å². The van der Waals surface area contributed by atoms with Gasteiger partial charge < -0.3 is 49.2 Å². The van der Waals surface area contributed by atoms with Crippen LogP contribution in [-0.4, -0.2) is 97.2 Å². The Hall–Kier alpha value is -2.65. The predicted octanol–water partition coefficient (Wildman–Crippen LogP) is 0.393. The molecule has 8 rings (SSSR count). The third-order valence-electron chi connectivity index (χ3n) is 10.0. The van der Waals surface area contributed by atoms with Gasteiger partial charge in [0, 0.05) is 30.4 Å². The van der Waals surface area contributed by atoms with Crippen LogP contribution in [0, 0.1) is 0 Å². The summed E-state index contributed by atoms with van der Waals surface area (Å²) in [4.78, 5) is 40.7. The van der Waals surface area contributed by atoms with E-state index in [1.807, 2.05) is 0 Å². The summed E-state index contributed by atoms with van der Waals surface area (Å²) in [6.45, 7) is 4.60. The quantitative estimate of drug-likeness (QED) is 0.240. The van der Waals surface area contributed by atoms with Crippen molar-refractivity contribution in [3.63, 3.8) is 0 Å². The first-order valence-corrected chi connectivity index (χ1v) is 13.9. The van der Waals surface area contributed by atoms with E-state index in [0.717, 1.165) is 0 Å². The second-order valence-electron chi connectivity index (χ2n) is 12.1. The van der Waals surface area contributed by atoms with Gasteiger partial charge in [0.25, 0.3) is 0 Å². The lowest BCUT2D eigenvalue weighted by Crippen LogP contribution is -2.78. The number of aromatic hydroxyl groups is 2. The van der Waals surface area contributed by atoms with Crippen LogP contribution in [0.3, 0.4) is 0 Å². The number of phenols is 2. The first-order valence-electron chi connectivity index (χ1n) is 13.9. The molecule has 5 N–H and O–H groups in total. The van der Waals surface area contributed by atoms with Crippen molar-refractivity contribution in [3.05, 3.63) is 22.3 Å². The fourth-order valence-corrected chi connectivity index (χ4v) is 7.85. The molecule has 7 aliphatic rings. The van der Waals surface area contributed by atoms with Gasteiger partial charge in [-0.25, -0.2) is 0 Å². The van der Waals surface area contributed by atoms with E-state index in [-0.39, 0.29) is 30.4 Å². The lowest BCUT2D eigenvalue weighted by atomic mass is 9.58. The van der Waals surface area contributed by atoms with E-state index in [9.17, 15) is 39.9 Å². The summed E-state index contributed by atoms with van der Waals surface area (Å²) in [6.07, 6.45) is -6.80. The Morgan fingerprint density at radius 1 is 0.902 bits per heavy atom. The summed E-state index contributed by atoms with van der Waals surface area (Å²) < 4.78 is 29.1. The molecule has 4 bridgehead atoms. The van der Waals surface area contributed by atoms with E-state index < -0.39 is 106 Å². The number of hydrogen-bond acceptors (Lipinski definition) is 13. The van der Waals surface area contributed by atoms with Crippen LogP contribution < -0.4 is 0 Å². The highest BCUT2D eigenvalue weighted by Gasteiger charge is 2.75. The molecule has 13 heteroatoms. The second-order valence-corrected chi connectivity index (χ2v) is 12.1. The van der Waals surface area contributed by atoms with Crippen LogP contribution in [0.4, 0.5) is 0 Å². The van der Waals surface area contributed by atoms with Gasteiger partial charge in [0.05, 0.1) is 60.3 Å². The van der Waals surface area contributed by atoms with Crippen molar-refractivity contribution in [1.82, 2.24) is 0 Å². The van der Waals surface area contributed by atoms with Crippen molar-refractivity contribution < 1.29 is 63.6 Å². The van der Waals surface area contributed by atoms with Gasteiger partial charge >= 0.3 is 5.97 Å². The minimum atomic E-state index is -2.71. The molecule has 11 unspecified atom stereocenters. The molecule has 4 fully saturated rings. The Kier molecular flexibility index (Phi) is 5.62. The first-order chi connectivity index (χ1) is 19.3. The molecule has 222 valence electrons. The zero-order chi connectivity index (χ0) is 29.4. The average molecular weight is 577 g/mol. The molecule has 0 aromatic heterocycles. The standard InChI is InChI=1S/C28H32O13/c1-9-13(29)4-5-17(37-9)40-15-7-14-18-21(27(15,35)10(2)39-14)23(32)20-19(22(18)31)24(33)26-8-12(6-16(30)41-26)38-11(3)28(26,36)25(20)34/h9-15,17,29,31-32,35-36H,4-8H2,1-3H3. The molecule has 11 atom stereocenters. The molecule has 41 heavy (non-hydrogen) atoms. The highest BCUT2D eigenvalue weighted by Crippen LogP contribution is 2.62. The average Bonchev–Trinajstić information content (AvgIpc) is 2.90. The van der Waals surface area contributed by atoms with E-state index in [1.54, 1.807) is 13.8 Å². The lowest BCUT2D eigenvalue weighted by Gasteiger charge is -2.57. The van der Waals surface area contributed by atoms with E-state index in [0.29, 0.717) is 12.8 Å². The second kappa shape index (κ2) is 8.47. The normalized spacial score (nSPS) is 46.4. The molecule has 5 heterocycles. The highest BCUT2D eigenvalue weighted by atomic mass is 16.7. The number of aliphatic hydroxyl groups is 3. The number of esters is 1. The molecule has 4 saturated heterocycles. The smallest absolute Gasteiger partial charge is 0.309 e. The number of ether oxygens (including phenoxy) is 5. The number of rotatable bonds is 2. The fourth-order valence-electron chi connectivity index (χ4n) is 7.85. The van der Waals surface area contributed by atoms with Crippen molar-refractivity contribution in [2.45, 2.75) is 119 Å². The first kappa shape index (κ1) is 27.2. The molecule has 13 nitrogen and oxygen atoms in total. The topological polar surface area (TPSA) is 199 Å². The number of ketones is 2. The summed E-state index contributed by atoms with van der Waals surface area (Å²) in [5.74, 6) is -4.60. The number of benzene rings is 1. The summed E-state index contributed by atoms with van der Waals surface area (Å²) in [5, 5.41) is 57.3. The lowest BCUT2D eigenvalue weighted by molar-refractivity contribution is -0.311. The van der Waals surface area contributed by atoms with E-state index >= 15 is 0 Å². The largest absolute Gasteiger partial charge is 0.507 e. The zero-order valence-corrected chi connectivity index (χ0v) is 22.7. The highest BCUT2D eigenvalue weighted by molar-refractivity contribution is 6.25. The number of aliphatic hydroxyl groups excluding tert-OH is 1. The molecular formula is C28H32O13. The van der Waals surface area contributed by atoms with E-state index in [4.69, 9.17) is 23.7 Å². The zero-order valence-electron chi connectivity index (χ0n) is 22.7. The third kappa shape index (κ3) is 3.17. The number of fused-ring (bicyclic) bond motifs is 4. The molecule has 1 aromatic carbocycles. The number of carbonyl (C=O) groups is 3. The van der Waals surface area contributed by atoms with Crippen LogP contribution in [-0.2, 0) is 34.1 Å². The number of Topliss-reactive ketones (excluding diaryl/α,β-unsaturated/α-hetero) is 2. The maximum atomic E-state index is 14.1. The summed E-state index contributed by atoms with van der Waals surface area (Å²) in [5.41, 5.74) is -8.83. The van der Waals surface area contributed by atoms with E-state index in [1.165, 1.54) is 6.92 Å². The monoisotopic (exact) mass is 576 g/mol. The number of hydrogen-bond donors (Lipinski definition) is 5. The molecular weight excluding hydrogens is 544 g/mol. The van der Waals surface area contributed by atoms with Crippen LogP contribution in [0.1, 0.15) is 90.8 Å². The molecule has 5 aliphatic heterocycles. The van der Waals surface area contributed by atoms with Gasteiger partial charge in [0.1, 0.15) is 17.1 Å². The summed E-state index contributed by atoms with van der Waals surface area (Å²) in [7, 11) is 0. The molecule has 2 aliphatic carbocycles. The Bertz CT molecular complexity index is 1390. The van der Waals surface area contributed by atoms with Crippen LogP contribution in [0.25, 0.3) is 0 Å². The Labute approximate surface area is 233 Å². The summed E-state index contributed by atoms with van der Waals surface area (Å²) in [6, 6.07) is 0. The summed E-state index contributed by atoms with van der Waals surface area (Å²) >= 11 is 0. The van der Waals surface area contributed by atoms with Crippen LogP contribution >= 0.6 is 0 Å². The third-order valence-corrected chi connectivity index (χ3v) is 10.0. The molecule has 0 saturated carbocycles. The maximum Gasteiger partial charge on any atom is 0.309 e. The number of carbonyl (C=O) groups excluding carboxylic acids is 3. The van der Waals surface area contributed by atoms with E-state index in [2.05, 4.69) is 0 Å². The van der Waals surface area contributed by atoms with Gasteiger partial charge in [-0.15, -0.1) is 0 Å². The van der Waals surface area contributed by atoms with Crippen LogP contribution in [0.15, 0.2) is 0 Å². The van der Waals surface area contributed by atoms with Gasteiger partial charge in [-0.3, -0.25) is 14.4 Å². The Morgan fingerprint density at radius 2 is 1.61 bits per heavy atom. The van der Waals surface area contributed by atoms with Crippen molar-refractivity contribution >= 4 is 17.5 Å². The van der Waals surface area contributed by atoms with Crippen molar-refractivity contribution in [3.8, 4) is 11.5 Å². The SMILES string of the molecule is CC1OC(OC2CC3OC(C)C2(O)c2c(O)c4c(c(O)c23)C(=O)C23CC(CC(=O)O2)OC(C)C3(O)C4=O)CCC1O. The molecule has 0 radical (unpaired) electrons. The predicted molar refractivity (Wildman–Crippen MR) is 132 cm³/mol. The van der Waals surface area contributed by atoms with Gasteiger partial charge in [0.2, 0.25) is 22.8 Å². The fraction of sp³-hybridized carbons (Fsp3) is 0.679. The molecule has 1 spiro atoms.